The molecule has 3 aromatic rings. The Labute approximate surface area is 194 Å². The molecule has 33 heavy (non-hydrogen) atoms. The second-order valence-electron chi connectivity index (χ2n) is 7.68. The topological polar surface area (TPSA) is 75.7 Å². The van der Waals surface area contributed by atoms with Crippen molar-refractivity contribution in [1.82, 2.24) is 4.90 Å². The van der Waals surface area contributed by atoms with E-state index in [-0.39, 0.29) is 10.8 Å². The van der Waals surface area contributed by atoms with Crippen LogP contribution in [-0.2, 0) is 10.0 Å². The molecule has 170 valence electrons. The molecule has 1 N–H and O–H groups in total. The maximum atomic E-state index is 12.9. The summed E-state index contributed by atoms with van der Waals surface area (Å²) in [6.07, 6.45) is 2.87. The number of nitrogens with one attached hydrogen (secondary N) is 1. The largest absolute Gasteiger partial charge is 0.494 e. The normalized spacial score (nSPS) is 13.8. The van der Waals surface area contributed by atoms with Gasteiger partial charge in [0.15, 0.2) is 0 Å². The van der Waals surface area contributed by atoms with E-state index >= 15 is 0 Å². The molecule has 0 bridgehead atoms. The van der Waals surface area contributed by atoms with Crippen molar-refractivity contribution < 1.29 is 17.9 Å². The number of benzene rings is 3. The van der Waals surface area contributed by atoms with Crippen molar-refractivity contribution in [3.05, 3.63) is 96.1 Å². The molecule has 1 aliphatic rings. The van der Waals surface area contributed by atoms with Gasteiger partial charge in [0, 0.05) is 24.3 Å². The van der Waals surface area contributed by atoms with Crippen molar-refractivity contribution in [3.8, 4) is 5.75 Å². The summed E-state index contributed by atoms with van der Waals surface area (Å²) >= 11 is 0. The lowest BCUT2D eigenvalue weighted by Crippen LogP contribution is -2.34. The minimum Gasteiger partial charge on any atom is -0.494 e. The molecular weight excluding hydrogens is 436 g/mol. The molecular formula is C26H26N2O4S. The Bertz CT molecular complexity index is 1240. The highest BCUT2D eigenvalue weighted by Gasteiger charge is 2.21. The van der Waals surface area contributed by atoms with E-state index in [9.17, 15) is 13.2 Å². The van der Waals surface area contributed by atoms with Gasteiger partial charge in [-0.25, -0.2) is 8.42 Å². The Morgan fingerprint density at radius 1 is 0.970 bits per heavy atom. The molecule has 0 atom stereocenters. The minimum absolute atomic E-state index is 0.0952. The lowest BCUT2D eigenvalue weighted by molar-refractivity contribution is 0.0772. The van der Waals surface area contributed by atoms with Crippen LogP contribution in [-0.4, -0.2) is 38.9 Å². The van der Waals surface area contributed by atoms with Crippen LogP contribution in [0, 0.1) is 0 Å². The first-order valence-electron chi connectivity index (χ1n) is 10.9. The molecule has 0 saturated carbocycles. The number of nitrogens with zero attached hydrogens (tertiary/aromatic N) is 1. The quantitative estimate of drug-likeness (QED) is 0.546. The van der Waals surface area contributed by atoms with E-state index in [1.54, 1.807) is 41.3 Å². The third kappa shape index (κ3) is 5.43. The first-order chi connectivity index (χ1) is 16.0. The van der Waals surface area contributed by atoms with Crippen LogP contribution in [0.25, 0.3) is 5.57 Å². The van der Waals surface area contributed by atoms with Crippen LogP contribution >= 0.6 is 0 Å². The fraction of sp³-hybridized carbons (Fsp3) is 0.192. The van der Waals surface area contributed by atoms with Gasteiger partial charge in [-0.2, -0.15) is 0 Å². The van der Waals surface area contributed by atoms with Crippen molar-refractivity contribution in [1.29, 1.82) is 0 Å². The molecule has 1 aliphatic heterocycles. The molecule has 1 amide bonds. The fourth-order valence-electron chi connectivity index (χ4n) is 3.73. The molecule has 6 nitrogen and oxygen atoms in total. The van der Waals surface area contributed by atoms with E-state index in [4.69, 9.17) is 4.74 Å². The van der Waals surface area contributed by atoms with Gasteiger partial charge >= 0.3 is 0 Å². The van der Waals surface area contributed by atoms with Crippen LogP contribution < -0.4 is 9.46 Å². The summed E-state index contributed by atoms with van der Waals surface area (Å²) in [6.45, 7) is 3.58. The van der Waals surface area contributed by atoms with Crippen molar-refractivity contribution in [2.45, 2.75) is 18.2 Å². The zero-order valence-corrected chi connectivity index (χ0v) is 19.2. The van der Waals surface area contributed by atoms with Crippen LogP contribution in [0.15, 0.2) is 89.8 Å². The third-order valence-electron chi connectivity index (χ3n) is 5.47. The second-order valence-corrected chi connectivity index (χ2v) is 9.37. The third-order valence-corrected chi connectivity index (χ3v) is 6.87. The van der Waals surface area contributed by atoms with Gasteiger partial charge in [-0.15, -0.1) is 0 Å². The standard InChI is InChI=1S/C26H26N2O4S/c1-2-32-24-12-10-23(11-13-24)27-33(30,31)25-14-8-22(9-15-25)26(29)28-18-16-21(17-19-28)20-6-4-3-5-7-20/h3-16,27H,2,17-19H2,1H3. The highest BCUT2D eigenvalue weighted by molar-refractivity contribution is 7.92. The van der Waals surface area contributed by atoms with Crippen LogP contribution in [0.1, 0.15) is 29.3 Å². The van der Waals surface area contributed by atoms with E-state index in [0.717, 1.165) is 6.42 Å². The Morgan fingerprint density at radius 2 is 1.67 bits per heavy atom. The first-order valence-corrected chi connectivity index (χ1v) is 12.3. The van der Waals surface area contributed by atoms with Crippen LogP contribution in [0.2, 0.25) is 0 Å². The lowest BCUT2D eigenvalue weighted by atomic mass is 9.99. The average Bonchev–Trinajstić information content (AvgIpc) is 2.85. The number of rotatable bonds is 7. The number of ether oxygens (including phenoxy) is 1. The minimum atomic E-state index is -3.77. The predicted octanol–water partition coefficient (Wildman–Crippen LogP) is 4.82. The second kappa shape index (κ2) is 9.92. The average molecular weight is 463 g/mol. The molecule has 3 aromatic carbocycles. The first kappa shape index (κ1) is 22.6. The van der Waals surface area contributed by atoms with Crippen LogP contribution in [0.4, 0.5) is 5.69 Å². The maximum Gasteiger partial charge on any atom is 0.261 e. The summed E-state index contributed by atoms with van der Waals surface area (Å²) < 4.78 is 33.4. The summed E-state index contributed by atoms with van der Waals surface area (Å²) in [5.41, 5.74) is 3.32. The van der Waals surface area contributed by atoms with Crippen molar-refractivity contribution in [2.24, 2.45) is 0 Å². The highest BCUT2D eigenvalue weighted by atomic mass is 32.2. The van der Waals surface area contributed by atoms with Gasteiger partial charge < -0.3 is 9.64 Å². The van der Waals surface area contributed by atoms with Gasteiger partial charge in [0.2, 0.25) is 0 Å². The van der Waals surface area contributed by atoms with Gasteiger partial charge in [-0.05, 0) is 73.0 Å². The van der Waals surface area contributed by atoms with Gasteiger partial charge in [0.25, 0.3) is 15.9 Å². The summed E-state index contributed by atoms with van der Waals surface area (Å²) in [4.78, 5) is 14.8. The monoisotopic (exact) mass is 462 g/mol. The lowest BCUT2D eigenvalue weighted by Gasteiger charge is -2.27. The predicted molar refractivity (Wildman–Crippen MR) is 130 cm³/mol. The Balaban J connectivity index is 1.41. The van der Waals surface area contributed by atoms with Gasteiger partial charge in [0.1, 0.15) is 5.75 Å². The zero-order chi connectivity index (χ0) is 23.3. The molecule has 0 unspecified atom stereocenters. The maximum absolute atomic E-state index is 12.9. The Hall–Kier alpha value is -3.58. The number of sulfonamides is 1. The van der Waals surface area contributed by atoms with Crippen molar-refractivity contribution >= 4 is 27.2 Å². The smallest absolute Gasteiger partial charge is 0.261 e. The number of hydrogen-bond acceptors (Lipinski definition) is 4. The summed E-state index contributed by atoms with van der Waals surface area (Å²) in [6, 6.07) is 22.9. The summed E-state index contributed by atoms with van der Waals surface area (Å²) in [5.74, 6) is 0.563. The zero-order valence-electron chi connectivity index (χ0n) is 18.4. The van der Waals surface area contributed by atoms with Crippen molar-refractivity contribution in [3.63, 3.8) is 0 Å². The molecule has 0 saturated heterocycles. The number of carbonyl (C=O) groups is 1. The van der Waals surface area contributed by atoms with Gasteiger partial charge in [0.05, 0.1) is 11.5 Å². The number of amides is 1. The number of anilines is 1. The molecule has 4 rings (SSSR count). The SMILES string of the molecule is CCOc1ccc(NS(=O)(=O)c2ccc(C(=O)N3CC=C(c4ccccc4)CC3)cc2)cc1. The molecule has 0 spiro atoms. The Kier molecular flexibility index (Phi) is 6.79. The van der Waals surface area contributed by atoms with Crippen LogP contribution in [0.5, 0.6) is 5.75 Å². The van der Waals surface area contributed by atoms with E-state index in [1.165, 1.54) is 23.3 Å². The molecule has 7 heteroatoms. The molecule has 0 aromatic heterocycles. The van der Waals surface area contributed by atoms with Crippen molar-refractivity contribution in [2.75, 3.05) is 24.4 Å². The number of hydrogen-bond donors (Lipinski definition) is 1. The van der Waals surface area contributed by atoms with Gasteiger partial charge in [-0.1, -0.05) is 36.4 Å². The number of carbonyl (C=O) groups excluding carboxylic acids is 1. The summed E-state index contributed by atoms with van der Waals surface area (Å²) in [5, 5.41) is 0. The Morgan fingerprint density at radius 3 is 2.27 bits per heavy atom. The van der Waals surface area contributed by atoms with E-state index in [2.05, 4.69) is 22.9 Å². The van der Waals surface area contributed by atoms with E-state index in [0.29, 0.717) is 36.7 Å². The summed E-state index contributed by atoms with van der Waals surface area (Å²) in [7, 11) is -3.77. The van der Waals surface area contributed by atoms with E-state index in [1.807, 2.05) is 25.1 Å². The molecule has 0 fully saturated rings. The molecule has 0 radical (unpaired) electrons. The van der Waals surface area contributed by atoms with Gasteiger partial charge in [-0.3, -0.25) is 9.52 Å². The molecule has 0 aliphatic carbocycles. The fourth-order valence-corrected chi connectivity index (χ4v) is 4.79. The highest BCUT2D eigenvalue weighted by Crippen LogP contribution is 2.24. The van der Waals surface area contributed by atoms with E-state index < -0.39 is 10.0 Å². The van der Waals surface area contributed by atoms with Crippen LogP contribution in [0.3, 0.4) is 0 Å². The molecule has 1 heterocycles.